The fraction of sp³-hybridized carbons (Fsp3) is 0.333. The van der Waals surface area contributed by atoms with Gasteiger partial charge < -0.3 is 15.6 Å². The zero-order valence-corrected chi connectivity index (χ0v) is 7.33. The number of methoxy groups -OCH3 is 1. The van der Waals surface area contributed by atoms with E-state index >= 15 is 0 Å². The van der Waals surface area contributed by atoms with Gasteiger partial charge in [0.05, 0.1) is 13.2 Å². The highest BCUT2D eigenvalue weighted by Gasteiger charge is 2.10. The molecule has 1 aromatic carbocycles. The van der Waals surface area contributed by atoms with Gasteiger partial charge in [-0.05, 0) is 12.1 Å². The van der Waals surface area contributed by atoms with Gasteiger partial charge in [-0.25, -0.2) is 4.39 Å². The lowest BCUT2D eigenvalue weighted by molar-refractivity contribution is 0.397. The summed E-state index contributed by atoms with van der Waals surface area (Å²) in [6.07, 6.45) is 0. The van der Waals surface area contributed by atoms with E-state index in [9.17, 15) is 9.50 Å². The third kappa shape index (κ3) is 2.09. The van der Waals surface area contributed by atoms with Crippen molar-refractivity contribution in [2.45, 2.75) is 6.04 Å². The second kappa shape index (κ2) is 4.09. The van der Waals surface area contributed by atoms with Crippen molar-refractivity contribution in [2.75, 3.05) is 13.8 Å². The van der Waals surface area contributed by atoms with E-state index in [1.807, 2.05) is 0 Å². The van der Waals surface area contributed by atoms with Crippen molar-refractivity contribution in [3.63, 3.8) is 0 Å². The molecule has 0 bridgehead atoms. The number of halogens is 1. The smallest absolute Gasteiger partial charge is 0.124 e. The number of rotatable bonds is 3. The second-order valence-corrected chi connectivity index (χ2v) is 2.69. The lowest BCUT2D eigenvalue weighted by Gasteiger charge is -2.10. The topological polar surface area (TPSA) is 55.5 Å². The van der Waals surface area contributed by atoms with Gasteiger partial charge in [0.2, 0.25) is 0 Å². The molecule has 1 rings (SSSR count). The Hall–Kier alpha value is -1.29. The van der Waals surface area contributed by atoms with E-state index in [1.165, 1.54) is 13.2 Å². The van der Waals surface area contributed by atoms with Gasteiger partial charge >= 0.3 is 0 Å². The van der Waals surface area contributed by atoms with Gasteiger partial charge in [-0.1, -0.05) is 0 Å². The van der Waals surface area contributed by atoms with E-state index in [2.05, 4.69) is 0 Å². The molecule has 0 aliphatic heterocycles. The number of alkyl halides is 1. The first kappa shape index (κ1) is 9.80. The lowest BCUT2D eigenvalue weighted by Crippen LogP contribution is -2.12. The molecule has 0 amide bonds. The predicted molar refractivity (Wildman–Crippen MR) is 47.6 cm³/mol. The Bertz CT molecular complexity index is 291. The number of hydrogen-bond acceptors (Lipinski definition) is 3. The van der Waals surface area contributed by atoms with Crippen molar-refractivity contribution < 1.29 is 14.2 Å². The second-order valence-electron chi connectivity index (χ2n) is 2.69. The van der Waals surface area contributed by atoms with E-state index in [4.69, 9.17) is 10.5 Å². The summed E-state index contributed by atoms with van der Waals surface area (Å²) in [5, 5.41) is 9.40. The Balaban J connectivity index is 2.98. The summed E-state index contributed by atoms with van der Waals surface area (Å²) in [5.74, 6) is 0.483. The maximum Gasteiger partial charge on any atom is 0.124 e. The van der Waals surface area contributed by atoms with Crippen LogP contribution in [0.1, 0.15) is 11.6 Å². The van der Waals surface area contributed by atoms with Gasteiger partial charge in [0.15, 0.2) is 0 Å². The van der Waals surface area contributed by atoms with Gasteiger partial charge in [0, 0.05) is 11.6 Å². The van der Waals surface area contributed by atoms with Crippen LogP contribution >= 0.6 is 0 Å². The lowest BCUT2D eigenvalue weighted by atomic mass is 10.1. The highest BCUT2D eigenvalue weighted by atomic mass is 19.1. The summed E-state index contributed by atoms with van der Waals surface area (Å²) in [7, 11) is 1.49. The molecule has 13 heavy (non-hydrogen) atoms. The summed E-state index contributed by atoms with van der Waals surface area (Å²) in [6, 6.07) is 3.82. The molecule has 4 heteroatoms. The van der Waals surface area contributed by atoms with E-state index in [1.54, 1.807) is 12.1 Å². The minimum absolute atomic E-state index is 0.0375. The first-order valence-corrected chi connectivity index (χ1v) is 3.87. The number of benzene rings is 1. The molecule has 0 heterocycles. The number of hydrogen-bond donors (Lipinski definition) is 2. The van der Waals surface area contributed by atoms with Gasteiger partial charge in [-0.3, -0.25) is 0 Å². The normalized spacial score (nSPS) is 12.5. The van der Waals surface area contributed by atoms with Crippen LogP contribution in [0.25, 0.3) is 0 Å². The van der Waals surface area contributed by atoms with Crippen LogP contribution < -0.4 is 10.5 Å². The van der Waals surface area contributed by atoms with E-state index < -0.39 is 12.7 Å². The Morgan fingerprint density at radius 3 is 2.77 bits per heavy atom. The van der Waals surface area contributed by atoms with E-state index in [0.717, 1.165) is 0 Å². The van der Waals surface area contributed by atoms with Gasteiger partial charge in [-0.15, -0.1) is 0 Å². The molecule has 0 spiro atoms. The maximum atomic E-state index is 12.2. The number of nitrogens with two attached hydrogens (primary N) is 1. The van der Waals surface area contributed by atoms with Crippen LogP contribution in [0.5, 0.6) is 11.5 Å². The highest BCUT2D eigenvalue weighted by molar-refractivity contribution is 5.41. The Labute approximate surface area is 75.9 Å². The van der Waals surface area contributed by atoms with Crippen molar-refractivity contribution in [1.82, 2.24) is 0 Å². The molecular weight excluding hydrogens is 173 g/mol. The van der Waals surface area contributed by atoms with Crippen molar-refractivity contribution in [3.8, 4) is 11.5 Å². The molecule has 0 aliphatic carbocycles. The summed E-state index contributed by atoms with van der Waals surface area (Å²) in [6.45, 7) is -0.695. The summed E-state index contributed by atoms with van der Waals surface area (Å²) in [5.41, 5.74) is 5.80. The zero-order chi connectivity index (χ0) is 9.84. The SMILES string of the molecule is COc1ccc(C(N)CF)c(O)c1. The van der Waals surface area contributed by atoms with Crippen molar-refractivity contribution in [3.05, 3.63) is 23.8 Å². The van der Waals surface area contributed by atoms with Crippen LogP contribution in [0.4, 0.5) is 4.39 Å². The standard InChI is InChI=1S/C9H12FNO2/c1-13-6-2-3-7(8(11)5-10)9(12)4-6/h2-4,8,12H,5,11H2,1H3. The first-order valence-electron chi connectivity index (χ1n) is 3.87. The van der Waals surface area contributed by atoms with E-state index in [0.29, 0.717) is 11.3 Å². The van der Waals surface area contributed by atoms with Crippen LogP contribution in [0, 0.1) is 0 Å². The molecule has 0 saturated heterocycles. The van der Waals surface area contributed by atoms with Crippen LogP contribution in [-0.2, 0) is 0 Å². The summed E-state index contributed by atoms with van der Waals surface area (Å²) in [4.78, 5) is 0. The largest absolute Gasteiger partial charge is 0.507 e. The predicted octanol–water partition coefficient (Wildman–Crippen LogP) is 1.37. The van der Waals surface area contributed by atoms with Crippen LogP contribution in [-0.4, -0.2) is 18.9 Å². The van der Waals surface area contributed by atoms with Crippen LogP contribution in [0.2, 0.25) is 0 Å². The molecule has 0 aliphatic rings. The van der Waals surface area contributed by atoms with Crippen molar-refractivity contribution >= 4 is 0 Å². The summed E-state index contributed by atoms with van der Waals surface area (Å²) < 4.78 is 17.0. The van der Waals surface area contributed by atoms with Gasteiger partial charge in [0.25, 0.3) is 0 Å². The molecule has 0 saturated carbocycles. The maximum absolute atomic E-state index is 12.2. The molecule has 3 nitrogen and oxygen atoms in total. The molecular formula is C9H12FNO2. The van der Waals surface area contributed by atoms with Crippen molar-refractivity contribution in [1.29, 1.82) is 0 Å². The van der Waals surface area contributed by atoms with Gasteiger partial charge in [0.1, 0.15) is 18.2 Å². The zero-order valence-electron chi connectivity index (χ0n) is 7.33. The molecule has 0 aromatic heterocycles. The van der Waals surface area contributed by atoms with Gasteiger partial charge in [-0.2, -0.15) is 0 Å². The highest BCUT2D eigenvalue weighted by Crippen LogP contribution is 2.27. The molecule has 1 aromatic rings. The number of phenols is 1. The third-order valence-electron chi connectivity index (χ3n) is 1.80. The molecule has 72 valence electrons. The minimum atomic E-state index is -0.772. The van der Waals surface area contributed by atoms with Crippen LogP contribution in [0.3, 0.4) is 0 Å². The molecule has 0 radical (unpaired) electrons. The third-order valence-corrected chi connectivity index (χ3v) is 1.80. The number of phenolic OH excluding ortho intramolecular Hbond substituents is 1. The number of ether oxygens (including phenoxy) is 1. The Kier molecular flexibility index (Phi) is 3.08. The monoisotopic (exact) mass is 185 g/mol. The average Bonchev–Trinajstić information content (AvgIpc) is 2.16. The first-order chi connectivity index (χ1) is 6.19. The Morgan fingerprint density at radius 2 is 2.31 bits per heavy atom. The molecule has 0 fully saturated rings. The van der Waals surface area contributed by atoms with E-state index in [-0.39, 0.29) is 5.75 Å². The average molecular weight is 185 g/mol. The molecule has 1 unspecified atom stereocenters. The van der Waals surface area contributed by atoms with Crippen LogP contribution in [0.15, 0.2) is 18.2 Å². The molecule has 3 N–H and O–H groups in total. The quantitative estimate of drug-likeness (QED) is 0.747. The Morgan fingerprint density at radius 1 is 1.62 bits per heavy atom. The van der Waals surface area contributed by atoms with Crippen molar-refractivity contribution in [2.24, 2.45) is 5.73 Å². The molecule has 1 atom stereocenters. The summed E-state index contributed by atoms with van der Waals surface area (Å²) >= 11 is 0. The fourth-order valence-corrected chi connectivity index (χ4v) is 1.05. The minimum Gasteiger partial charge on any atom is -0.507 e. The number of aromatic hydroxyl groups is 1. The fourth-order valence-electron chi connectivity index (χ4n) is 1.05.